The van der Waals surface area contributed by atoms with Crippen molar-refractivity contribution in [1.82, 2.24) is 10.1 Å². The number of aryl methyl sites for hydroxylation is 2. The van der Waals surface area contributed by atoms with E-state index in [9.17, 15) is 10.1 Å². The van der Waals surface area contributed by atoms with Crippen molar-refractivity contribution < 1.29 is 9.45 Å². The Morgan fingerprint density at radius 3 is 2.43 bits per heavy atom. The number of hydrogen-bond donors (Lipinski definition) is 0. The van der Waals surface area contributed by atoms with Crippen molar-refractivity contribution in [3.05, 3.63) is 62.7 Å². The lowest BCUT2D eigenvalue weighted by molar-refractivity contribution is -0.384. The SMILES string of the molecule is Cc1cc(C)cc(-c2noc(-c3ccc(Cl)c([N+](=O)[O-])c3)n2)c1. The Morgan fingerprint density at radius 2 is 1.78 bits per heavy atom. The van der Waals surface area contributed by atoms with Gasteiger partial charge in [0.05, 0.1) is 4.92 Å². The van der Waals surface area contributed by atoms with E-state index in [4.69, 9.17) is 16.1 Å². The average Bonchev–Trinajstić information content (AvgIpc) is 2.96. The highest BCUT2D eigenvalue weighted by Gasteiger charge is 2.17. The smallest absolute Gasteiger partial charge is 0.288 e. The Labute approximate surface area is 136 Å². The van der Waals surface area contributed by atoms with Gasteiger partial charge in [0.15, 0.2) is 0 Å². The first-order valence-electron chi connectivity index (χ1n) is 6.81. The molecule has 0 aliphatic carbocycles. The molecule has 0 unspecified atom stereocenters. The summed E-state index contributed by atoms with van der Waals surface area (Å²) in [5.74, 6) is 0.642. The number of rotatable bonds is 3. The molecule has 2 aromatic carbocycles. The second-order valence-electron chi connectivity index (χ2n) is 5.22. The van der Waals surface area contributed by atoms with Gasteiger partial charge in [-0.3, -0.25) is 10.1 Å². The number of benzene rings is 2. The molecule has 0 atom stereocenters. The van der Waals surface area contributed by atoms with E-state index in [1.165, 1.54) is 12.1 Å². The summed E-state index contributed by atoms with van der Waals surface area (Å²) in [5.41, 5.74) is 3.27. The van der Waals surface area contributed by atoms with Gasteiger partial charge in [-0.15, -0.1) is 0 Å². The van der Waals surface area contributed by atoms with E-state index >= 15 is 0 Å². The van der Waals surface area contributed by atoms with Gasteiger partial charge in [0.25, 0.3) is 11.6 Å². The minimum Gasteiger partial charge on any atom is -0.334 e. The molecule has 1 heterocycles. The number of halogens is 1. The molecule has 0 saturated carbocycles. The molecule has 0 bridgehead atoms. The summed E-state index contributed by atoms with van der Waals surface area (Å²) in [6.07, 6.45) is 0. The van der Waals surface area contributed by atoms with Crippen molar-refractivity contribution >= 4 is 17.3 Å². The summed E-state index contributed by atoms with van der Waals surface area (Å²) >= 11 is 5.81. The molecule has 0 N–H and O–H groups in total. The van der Waals surface area contributed by atoms with Crippen LogP contribution >= 0.6 is 11.6 Å². The molecule has 3 rings (SSSR count). The van der Waals surface area contributed by atoms with E-state index in [1.807, 2.05) is 32.0 Å². The van der Waals surface area contributed by atoms with Crippen molar-refractivity contribution in [3.8, 4) is 22.8 Å². The fourth-order valence-electron chi connectivity index (χ4n) is 2.35. The van der Waals surface area contributed by atoms with Crippen LogP contribution in [0.4, 0.5) is 5.69 Å². The maximum atomic E-state index is 11.0. The molecule has 0 aliphatic rings. The monoisotopic (exact) mass is 329 g/mol. The Balaban J connectivity index is 2.02. The molecular weight excluding hydrogens is 318 g/mol. The first-order valence-corrected chi connectivity index (χ1v) is 7.18. The molecule has 0 fully saturated rings. The van der Waals surface area contributed by atoms with Crippen molar-refractivity contribution in [2.45, 2.75) is 13.8 Å². The molecule has 116 valence electrons. The predicted molar refractivity (Wildman–Crippen MR) is 86.3 cm³/mol. The van der Waals surface area contributed by atoms with Gasteiger partial charge in [0, 0.05) is 17.2 Å². The highest BCUT2D eigenvalue weighted by molar-refractivity contribution is 6.32. The lowest BCUT2D eigenvalue weighted by Gasteiger charge is -2.00. The zero-order valence-electron chi connectivity index (χ0n) is 12.4. The molecule has 1 aromatic heterocycles. The predicted octanol–water partition coefficient (Wildman–Crippen LogP) is 4.58. The lowest BCUT2D eigenvalue weighted by atomic mass is 10.1. The Kier molecular flexibility index (Phi) is 3.83. The van der Waals surface area contributed by atoms with Gasteiger partial charge in [0.2, 0.25) is 5.82 Å². The van der Waals surface area contributed by atoms with Gasteiger partial charge in [-0.05, 0) is 38.1 Å². The van der Waals surface area contributed by atoms with E-state index in [-0.39, 0.29) is 16.6 Å². The topological polar surface area (TPSA) is 82.1 Å². The number of aromatic nitrogens is 2. The van der Waals surface area contributed by atoms with Crippen LogP contribution in [0.1, 0.15) is 11.1 Å². The molecule has 23 heavy (non-hydrogen) atoms. The van der Waals surface area contributed by atoms with E-state index < -0.39 is 4.92 Å². The van der Waals surface area contributed by atoms with Crippen LogP contribution in [0.2, 0.25) is 5.02 Å². The van der Waals surface area contributed by atoms with Crippen LogP contribution in [-0.4, -0.2) is 15.1 Å². The molecule has 0 saturated heterocycles. The summed E-state index contributed by atoms with van der Waals surface area (Å²) < 4.78 is 5.23. The number of nitro benzene ring substituents is 1. The van der Waals surface area contributed by atoms with Crippen LogP contribution in [-0.2, 0) is 0 Å². The second-order valence-corrected chi connectivity index (χ2v) is 5.63. The maximum Gasteiger partial charge on any atom is 0.288 e. The van der Waals surface area contributed by atoms with E-state index in [1.54, 1.807) is 6.07 Å². The Hall–Kier alpha value is -2.73. The van der Waals surface area contributed by atoms with Gasteiger partial charge in [-0.25, -0.2) is 0 Å². The van der Waals surface area contributed by atoms with Gasteiger partial charge in [-0.2, -0.15) is 4.98 Å². The first kappa shape index (κ1) is 15.2. The molecule has 0 amide bonds. The van der Waals surface area contributed by atoms with Crippen LogP contribution in [0.15, 0.2) is 40.9 Å². The minimum atomic E-state index is -0.549. The zero-order valence-corrected chi connectivity index (χ0v) is 13.2. The van der Waals surface area contributed by atoms with E-state index in [0.29, 0.717) is 11.4 Å². The number of nitrogens with zero attached hydrogens (tertiary/aromatic N) is 3. The summed E-state index contributed by atoms with van der Waals surface area (Å²) in [5, 5.41) is 15.0. The third-order valence-electron chi connectivity index (χ3n) is 3.30. The maximum absolute atomic E-state index is 11.0. The van der Waals surface area contributed by atoms with Crippen molar-refractivity contribution in [3.63, 3.8) is 0 Å². The fourth-order valence-corrected chi connectivity index (χ4v) is 2.53. The lowest BCUT2D eigenvalue weighted by Crippen LogP contribution is -1.90. The minimum absolute atomic E-state index is 0.0628. The van der Waals surface area contributed by atoms with Gasteiger partial charge >= 0.3 is 0 Å². The zero-order chi connectivity index (χ0) is 16.6. The van der Waals surface area contributed by atoms with Gasteiger partial charge < -0.3 is 4.52 Å². The molecule has 3 aromatic rings. The molecular formula is C16H12ClN3O3. The van der Waals surface area contributed by atoms with Gasteiger partial charge in [-0.1, -0.05) is 34.0 Å². The Morgan fingerprint density at radius 1 is 1.09 bits per heavy atom. The summed E-state index contributed by atoms with van der Waals surface area (Å²) in [4.78, 5) is 14.7. The van der Waals surface area contributed by atoms with E-state index in [2.05, 4.69) is 10.1 Å². The van der Waals surface area contributed by atoms with Crippen molar-refractivity contribution in [2.75, 3.05) is 0 Å². The third kappa shape index (κ3) is 3.07. The normalized spacial score (nSPS) is 10.7. The molecule has 0 aliphatic heterocycles. The highest BCUT2D eigenvalue weighted by atomic mass is 35.5. The van der Waals surface area contributed by atoms with Crippen LogP contribution in [0, 0.1) is 24.0 Å². The average molecular weight is 330 g/mol. The third-order valence-corrected chi connectivity index (χ3v) is 3.62. The second kappa shape index (κ2) is 5.81. The summed E-state index contributed by atoms with van der Waals surface area (Å²) in [7, 11) is 0. The Bertz CT molecular complexity index is 885. The largest absolute Gasteiger partial charge is 0.334 e. The van der Waals surface area contributed by atoms with Crippen LogP contribution in [0.3, 0.4) is 0 Å². The number of nitro groups is 1. The molecule has 0 spiro atoms. The first-order chi connectivity index (χ1) is 10.9. The van der Waals surface area contributed by atoms with Crippen LogP contribution in [0.25, 0.3) is 22.8 Å². The van der Waals surface area contributed by atoms with Gasteiger partial charge in [0.1, 0.15) is 5.02 Å². The highest BCUT2D eigenvalue weighted by Crippen LogP contribution is 2.30. The molecule has 0 radical (unpaired) electrons. The van der Waals surface area contributed by atoms with Crippen LogP contribution in [0.5, 0.6) is 0 Å². The summed E-state index contributed by atoms with van der Waals surface area (Å²) in [6, 6.07) is 10.3. The summed E-state index contributed by atoms with van der Waals surface area (Å²) in [6.45, 7) is 3.97. The van der Waals surface area contributed by atoms with E-state index in [0.717, 1.165) is 16.7 Å². The van der Waals surface area contributed by atoms with Crippen molar-refractivity contribution in [1.29, 1.82) is 0 Å². The quantitative estimate of drug-likeness (QED) is 0.518. The van der Waals surface area contributed by atoms with Crippen molar-refractivity contribution in [2.24, 2.45) is 0 Å². The fraction of sp³-hybridized carbons (Fsp3) is 0.125. The number of hydrogen-bond acceptors (Lipinski definition) is 5. The van der Waals surface area contributed by atoms with Crippen LogP contribution < -0.4 is 0 Å². The molecule has 7 heteroatoms. The molecule has 6 nitrogen and oxygen atoms in total. The standard InChI is InChI=1S/C16H12ClN3O3/c1-9-5-10(2)7-12(6-9)15-18-16(23-19-15)11-3-4-13(17)14(8-11)20(21)22/h3-8H,1-2H3.